The molecule has 2 aromatic rings. The van der Waals surface area contributed by atoms with E-state index in [1.54, 1.807) is 0 Å². The van der Waals surface area contributed by atoms with Gasteiger partial charge in [0.2, 0.25) is 0 Å². The summed E-state index contributed by atoms with van der Waals surface area (Å²) in [6.45, 7) is 0.451. The molecule has 0 atom stereocenters. The largest absolute Gasteiger partial charge is 0.361 e. The van der Waals surface area contributed by atoms with Crippen molar-refractivity contribution in [3.63, 3.8) is 0 Å². The molecule has 3 nitrogen and oxygen atoms in total. The summed E-state index contributed by atoms with van der Waals surface area (Å²) in [7, 11) is 0. The monoisotopic (exact) mass is 216 g/mol. The van der Waals surface area contributed by atoms with Crippen LogP contribution in [-0.2, 0) is 11.2 Å². The van der Waals surface area contributed by atoms with Gasteiger partial charge in [-0.05, 0) is 24.6 Å². The first-order valence-electron chi connectivity index (χ1n) is 5.58. The SMILES string of the molecule is NCCC(=O)CCc1c[nH]c2ccccc12. The molecule has 16 heavy (non-hydrogen) atoms. The molecule has 0 radical (unpaired) electrons. The minimum Gasteiger partial charge on any atom is -0.361 e. The van der Waals surface area contributed by atoms with E-state index in [1.807, 2.05) is 24.4 Å². The lowest BCUT2D eigenvalue weighted by molar-refractivity contribution is -0.118. The molecular formula is C13H16N2O. The van der Waals surface area contributed by atoms with Gasteiger partial charge < -0.3 is 10.7 Å². The lowest BCUT2D eigenvalue weighted by Gasteiger charge is -1.98. The van der Waals surface area contributed by atoms with Gasteiger partial charge in [-0.3, -0.25) is 4.79 Å². The first-order chi connectivity index (χ1) is 7.81. The molecule has 0 fully saturated rings. The van der Waals surface area contributed by atoms with Crippen molar-refractivity contribution in [2.24, 2.45) is 5.73 Å². The molecule has 0 aliphatic carbocycles. The molecule has 0 saturated heterocycles. The maximum absolute atomic E-state index is 11.4. The normalized spacial score (nSPS) is 10.8. The summed E-state index contributed by atoms with van der Waals surface area (Å²) in [5.41, 5.74) is 7.68. The van der Waals surface area contributed by atoms with Crippen LogP contribution in [0, 0.1) is 0 Å². The van der Waals surface area contributed by atoms with Gasteiger partial charge in [-0.1, -0.05) is 18.2 Å². The number of rotatable bonds is 5. The predicted octanol–water partition coefficient (Wildman–Crippen LogP) is 2.02. The number of benzene rings is 1. The molecule has 0 bridgehead atoms. The van der Waals surface area contributed by atoms with Crippen LogP contribution in [-0.4, -0.2) is 17.3 Å². The number of para-hydroxylation sites is 1. The van der Waals surface area contributed by atoms with E-state index in [9.17, 15) is 4.79 Å². The number of carbonyl (C=O) groups is 1. The average Bonchev–Trinajstić information content (AvgIpc) is 2.70. The first kappa shape index (κ1) is 10.9. The van der Waals surface area contributed by atoms with E-state index in [-0.39, 0.29) is 5.78 Å². The Morgan fingerprint density at radius 1 is 1.25 bits per heavy atom. The van der Waals surface area contributed by atoms with E-state index < -0.39 is 0 Å². The van der Waals surface area contributed by atoms with Crippen molar-refractivity contribution in [1.82, 2.24) is 4.98 Å². The number of ketones is 1. The van der Waals surface area contributed by atoms with Crippen molar-refractivity contribution in [2.75, 3.05) is 6.54 Å². The number of nitrogens with two attached hydrogens (primary N) is 1. The number of carbonyl (C=O) groups excluding carboxylic acids is 1. The highest BCUT2D eigenvalue weighted by molar-refractivity contribution is 5.84. The fourth-order valence-electron chi connectivity index (χ4n) is 1.90. The van der Waals surface area contributed by atoms with Gasteiger partial charge in [0.05, 0.1) is 0 Å². The minimum absolute atomic E-state index is 0.243. The highest BCUT2D eigenvalue weighted by Crippen LogP contribution is 2.19. The van der Waals surface area contributed by atoms with Gasteiger partial charge in [-0.2, -0.15) is 0 Å². The molecule has 0 saturated carbocycles. The van der Waals surface area contributed by atoms with Crippen LogP contribution in [0.2, 0.25) is 0 Å². The number of hydrogen-bond donors (Lipinski definition) is 2. The van der Waals surface area contributed by atoms with Crippen molar-refractivity contribution >= 4 is 16.7 Å². The van der Waals surface area contributed by atoms with Crippen LogP contribution >= 0.6 is 0 Å². The van der Waals surface area contributed by atoms with E-state index >= 15 is 0 Å². The van der Waals surface area contributed by atoms with Gasteiger partial charge in [0.1, 0.15) is 5.78 Å². The predicted molar refractivity (Wildman–Crippen MR) is 65.3 cm³/mol. The number of aromatic amines is 1. The average molecular weight is 216 g/mol. The third kappa shape index (κ3) is 2.31. The molecule has 1 aromatic carbocycles. The second kappa shape index (κ2) is 4.94. The van der Waals surface area contributed by atoms with Gasteiger partial charge >= 0.3 is 0 Å². The Labute approximate surface area is 94.6 Å². The number of aryl methyl sites for hydroxylation is 1. The second-order valence-corrected chi connectivity index (χ2v) is 3.94. The lowest BCUT2D eigenvalue weighted by atomic mass is 10.1. The van der Waals surface area contributed by atoms with Crippen molar-refractivity contribution in [1.29, 1.82) is 0 Å². The van der Waals surface area contributed by atoms with E-state index in [2.05, 4.69) is 11.1 Å². The fourth-order valence-corrected chi connectivity index (χ4v) is 1.90. The van der Waals surface area contributed by atoms with Gasteiger partial charge in [-0.15, -0.1) is 0 Å². The smallest absolute Gasteiger partial charge is 0.134 e. The summed E-state index contributed by atoms with van der Waals surface area (Å²) < 4.78 is 0. The van der Waals surface area contributed by atoms with Crippen LogP contribution < -0.4 is 5.73 Å². The van der Waals surface area contributed by atoms with Crippen LogP contribution in [0.25, 0.3) is 10.9 Å². The van der Waals surface area contributed by atoms with Crippen molar-refractivity contribution in [3.05, 3.63) is 36.0 Å². The Kier molecular flexibility index (Phi) is 3.37. The summed E-state index contributed by atoms with van der Waals surface area (Å²) in [5, 5.41) is 1.21. The van der Waals surface area contributed by atoms with Crippen molar-refractivity contribution in [3.8, 4) is 0 Å². The summed E-state index contributed by atoms with van der Waals surface area (Å²) in [4.78, 5) is 14.6. The fraction of sp³-hybridized carbons (Fsp3) is 0.308. The van der Waals surface area contributed by atoms with E-state index in [4.69, 9.17) is 5.73 Å². The van der Waals surface area contributed by atoms with E-state index in [1.165, 1.54) is 10.9 Å². The Balaban J connectivity index is 2.07. The zero-order valence-electron chi connectivity index (χ0n) is 9.20. The van der Waals surface area contributed by atoms with E-state index in [0.29, 0.717) is 19.4 Å². The van der Waals surface area contributed by atoms with Gasteiger partial charge in [0.25, 0.3) is 0 Å². The van der Waals surface area contributed by atoms with Crippen molar-refractivity contribution < 1.29 is 4.79 Å². The number of nitrogens with one attached hydrogen (secondary N) is 1. The molecular weight excluding hydrogens is 200 g/mol. The second-order valence-electron chi connectivity index (χ2n) is 3.94. The van der Waals surface area contributed by atoms with Crippen LogP contribution in [0.1, 0.15) is 18.4 Å². The molecule has 1 heterocycles. The molecule has 3 N–H and O–H groups in total. The highest BCUT2D eigenvalue weighted by Gasteiger charge is 2.05. The molecule has 0 spiro atoms. The lowest BCUT2D eigenvalue weighted by Crippen LogP contribution is -2.08. The zero-order valence-corrected chi connectivity index (χ0v) is 9.20. The Bertz CT molecular complexity index is 487. The number of aromatic nitrogens is 1. The number of Topliss-reactive ketones (excluding diaryl/α,β-unsaturated/α-hetero) is 1. The Morgan fingerprint density at radius 3 is 2.88 bits per heavy atom. The molecule has 0 aliphatic heterocycles. The Hall–Kier alpha value is -1.61. The van der Waals surface area contributed by atoms with E-state index in [0.717, 1.165) is 11.9 Å². The third-order valence-electron chi connectivity index (χ3n) is 2.77. The summed E-state index contributed by atoms with van der Waals surface area (Å²) >= 11 is 0. The maximum Gasteiger partial charge on any atom is 0.134 e. The molecule has 0 amide bonds. The van der Waals surface area contributed by atoms with Gasteiger partial charge in [0.15, 0.2) is 0 Å². The topological polar surface area (TPSA) is 58.9 Å². The van der Waals surface area contributed by atoms with Crippen LogP contribution in [0.5, 0.6) is 0 Å². The maximum atomic E-state index is 11.4. The quantitative estimate of drug-likeness (QED) is 0.803. The molecule has 1 aromatic heterocycles. The molecule has 3 heteroatoms. The minimum atomic E-state index is 0.243. The van der Waals surface area contributed by atoms with Crippen molar-refractivity contribution in [2.45, 2.75) is 19.3 Å². The standard InChI is InChI=1S/C13H16N2O/c14-8-7-11(16)6-5-10-9-15-13-4-2-1-3-12(10)13/h1-4,9,15H,5-8,14H2. The summed E-state index contributed by atoms with van der Waals surface area (Å²) in [6, 6.07) is 8.14. The zero-order chi connectivity index (χ0) is 11.4. The van der Waals surface area contributed by atoms with Crippen LogP contribution in [0.15, 0.2) is 30.5 Å². The highest BCUT2D eigenvalue weighted by atomic mass is 16.1. The molecule has 0 aliphatic rings. The number of hydrogen-bond acceptors (Lipinski definition) is 2. The van der Waals surface area contributed by atoms with Crippen LogP contribution in [0.4, 0.5) is 0 Å². The first-order valence-corrected chi connectivity index (χ1v) is 5.58. The molecule has 2 rings (SSSR count). The molecule has 84 valence electrons. The van der Waals surface area contributed by atoms with Gasteiger partial charge in [0, 0.05) is 29.9 Å². The third-order valence-corrected chi connectivity index (χ3v) is 2.77. The van der Waals surface area contributed by atoms with Crippen LogP contribution in [0.3, 0.4) is 0 Å². The molecule has 0 unspecified atom stereocenters. The summed E-state index contributed by atoms with van der Waals surface area (Å²) in [5.74, 6) is 0.243. The van der Waals surface area contributed by atoms with Gasteiger partial charge in [-0.25, -0.2) is 0 Å². The number of fused-ring (bicyclic) bond motifs is 1. The number of H-pyrrole nitrogens is 1. The Morgan fingerprint density at radius 2 is 2.06 bits per heavy atom. The summed E-state index contributed by atoms with van der Waals surface area (Å²) in [6.07, 6.45) is 3.85.